The molecule has 0 atom stereocenters. The van der Waals surface area contributed by atoms with Crippen molar-refractivity contribution in [3.63, 3.8) is 0 Å². The molecule has 0 aliphatic rings. The predicted molar refractivity (Wildman–Crippen MR) is 71.5 cm³/mol. The number of nitrogens with zero attached hydrogens (tertiary/aromatic N) is 2. The summed E-state index contributed by atoms with van der Waals surface area (Å²) < 4.78 is 63.0. The van der Waals surface area contributed by atoms with E-state index in [1.54, 1.807) is 13.0 Å². The smallest absolute Gasteiger partial charge is 0.212 e. The molecule has 0 aromatic heterocycles. The standard InChI is InChI=1S/C13H15F3N2O2S/c1-2-7-18(8-6-17)21(19,20)10-11-4-3-5-12(9-11)13(14,15)16/h3-5,9H,2,7-8,10H2,1H3. The molecule has 0 saturated heterocycles. The van der Waals surface area contributed by atoms with Gasteiger partial charge in [-0.3, -0.25) is 0 Å². The Balaban J connectivity index is 3.01. The molecule has 1 aromatic rings. The Labute approximate surface area is 121 Å². The highest BCUT2D eigenvalue weighted by atomic mass is 32.2. The normalized spacial score (nSPS) is 12.4. The molecule has 0 fully saturated rings. The van der Waals surface area contributed by atoms with Crippen molar-refractivity contribution in [1.82, 2.24) is 4.31 Å². The largest absolute Gasteiger partial charge is 0.416 e. The molecule has 0 saturated carbocycles. The maximum atomic E-state index is 12.6. The summed E-state index contributed by atoms with van der Waals surface area (Å²) in [6, 6.07) is 5.94. The number of alkyl halides is 3. The molecule has 0 spiro atoms. The van der Waals surface area contributed by atoms with E-state index in [1.807, 2.05) is 0 Å². The molecule has 1 aromatic carbocycles. The molecule has 0 N–H and O–H groups in total. The number of benzene rings is 1. The highest BCUT2D eigenvalue weighted by molar-refractivity contribution is 7.88. The summed E-state index contributed by atoms with van der Waals surface area (Å²) in [7, 11) is -3.82. The van der Waals surface area contributed by atoms with Gasteiger partial charge in [-0.05, 0) is 18.1 Å². The van der Waals surface area contributed by atoms with Gasteiger partial charge in [0.2, 0.25) is 10.0 Å². The summed E-state index contributed by atoms with van der Waals surface area (Å²) in [4.78, 5) is 0. The first-order valence-corrected chi connectivity index (χ1v) is 7.82. The zero-order chi connectivity index (χ0) is 16.1. The van der Waals surface area contributed by atoms with E-state index in [9.17, 15) is 21.6 Å². The third-order valence-electron chi connectivity index (χ3n) is 2.72. The van der Waals surface area contributed by atoms with Crippen LogP contribution in [0.4, 0.5) is 13.2 Å². The van der Waals surface area contributed by atoms with E-state index in [0.29, 0.717) is 6.42 Å². The second-order valence-corrected chi connectivity index (χ2v) is 6.41. The van der Waals surface area contributed by atoms with Gasteiger partial charge < -0.3 is 0 Å². The maximum absolute atomic E-state index is 12.6. The zero-order valence-electron chi connectivity index (χ0n) is 11.4. The van der Waals surface area contributed by atoms with Crippen molar-refractivity contribution in [2.75, 3.05) is 13.1 Å². The molecular weight excluding hydrogens is 305 g/mol. The van der Waals surface area contributed by atoms with E-state index in [-0.39, 0.29) is 18.7 Å². The summed E-state index contributed by atoms with van der Waals surface area (Å²) in [5.74, 6) is -0.557. The molecule has 0 aliphatic carbocycles. The van der Waals surface area contributed by atoms with Crippen LogP contribution < -0.4 is 0 Å². The molecule has 0 bridgehead atoms. The van der Waals surface area contributed by atoms with Gasteiger partial charge in [-0.25, -0.2) is 8.42 Å². The van der Waals surface area contributed by atoms with E-state index in [4.69, 9.17) is 5.26 Å². The van der Waals surface area contributed by atoms with Gasteiger partial charge in [0.25, 0.3) is 0 Å². The predicted octanol–water partition coefficient (Wildman–Crippen LogP) is 2.77. The summed E-state index contributed by atoms with van der Waals surface area (Å²) in [5.41, 5.74) is -0.846. The average molecular weight is 320 g/mol. The van der Waals surface area contributed by atoms with E-state index < -0.39 is 27.5 Å². The van der Waals surface area contributed by atoms with E-state index in [0.717, 1.165) is 16.4 Å². The SMILES string of the molecule is CCCN(CC#N)S(=O)(=O)Cc1cccc(C(F)(F)F)c1. The second-order valence-electron chi connectivity index (χ2n) is 4.45. The lowest BCUT2D eigenvalue weighted by Gasteiger charge is -2.18. The number of sulfonamides is 1. The van der Waals surface area contributed by atoms with Crippen molar-refractivity contribution in [2.45, 2.75) is 25.3 Å². The quantitative estimate of drug-likeness (QED) is 0.757. The number of hydrogen-bond acceptors (Lipinski definition) is 3. The van der Waals surface area contributed by atoms with Crippen molar-refractivity contribution in [3.05, 3.63) is 35.4 Å². The van der Waals surface area contributed by atoms with Crippen LogP contribution in [0.3, 0.4) is 0 Å². The van der Waals surface area contributed by atoms with Crippen LogP contribution in [0.5, 0.6) is 0 Å². The van der Waals surface area contributed by atoms with Gasteiger partial charge >= 0.3 is 6.18 Å². The van der Waals surface area contributed by atoms with Gasteiger partial charge in [-0.1, -0.05) is 25.1 Å². The van der Waals surface area contributed by atoms with Crippen molar-refractivity contribution >= 4 is 10.0 Å². The first-order valence-electron chi connectivity index (χ1n) is 6.21. The van der Waals surface area contributed by atoms with Crippen molar-refractivity contribution in [1.29, 1.82) is 5.26 Å². The number of hydrogen-bond donors (Lipinski definition) is 0. The highest BCUT2D eigenvalue weighted by Gasteiger charge is 2.31. The summed E-state index contributed by atoms with van der Waals surface area (Å²) in [6.45, 7) is 1.61. The molecule has 0 aliphatic heterocycles. The molecule has 116 valence electrons. The Morgan fingerprint density at radius 1 is 1.33 bits per heavy atom. The van der Waals surface area contributed by atoms with Crippen molar-refractivity contribution < 1.29 is 21.6 Å². The molecule has 1 rings (SSSR count). The summed E-state index contributed by atoms with van der Waals surface area (Å²) in [6.07, 6.45) is -4.00. The fourth-order valence-corrected chi connectivity index (χ4v) is 3.28. The van der Waals surface area contributed by atoms with Gasteiger partial charge in [0.05, 0.1) is 17.4 Å². The Hall–Kier alpha value is -1.59. The lowest BCUT2D eigenvalue weighted by Crippen LogP contribution is -2.33. The summed E-state index contributed by atoms with van der Waals surface area (Å²) >= 11 is 0. The van der Waals surface area contributed by atoms with Crippen LogP contribution in [0.2, 0.25) is 0 Å². The fourth-order valence-electron chi connectivity index (χ4n) is 1.78. The van der Waals surface area contributed by atoms with Gasteiger partial charge in [0.1, 0.15) is 6.54 Å². The molecule has 0 heterocycles. The first-order chi connectivity index (χ1) is 9.70. The lowest BCUT2D eigenvalue weighted by atomic mass is 10.1. The fraction of sp³-hybridized carbons (Fsp3) is 0.462. The Morgan fingerprint density at radius 2 is 2.00 bits per heavy atom. The van der Waals surface area contributed by atoms with E-state index in [1.165, 1.54) is 12.1 Å². The average Bonchev–Trinajstić information content (AvgIpc) is 2.37. The van der Waals surface area contributed by atoms with Crippen molar-refractivity contribution in [3.8, 4) is 6.07 Å². The molecule has 4 nitrogen and oxygen atoms in total. The third-order valence-corrected chi connectivity index (χ3v) is 4.51. The molecule has 0 unspecified atom stereocenters. The van der Waals surface area contributed by atoms with Gasteiger partial charge in [-0.15, -0.1) is 0 Å². The molecule has 0 amide bonds. The highest BCUT2D eigenvalue weighted by Crippen LogP contribution is 2.30. The monoisotopic (exact) mass is 320 g/mol. The number of nitriles is 1. The second kappa shape index (κ2) is 6.91. The minimum Gasteiger partial charge on any atom is -0.212 e. The van der Waals surface area contributed by atoms with Crippen LogP contribution in [-0.2, 0) is 22.0 Å². The lowest BCUT2D eigenvalue weighted by molar-refractivity contribution is -0.137. The third kappa shape index (κ3) is 5.02. The van der Waals surface area contributed by atoms with Gasteiger partial charge in [0, 0.05) is 6.54 Å². The molecule has 8 heteroatoms. The molecule has 0 radical (unpaired) electrons. The number of rotatable bonds is 6. The first kappa shape index (κ1) is 17.5. The van der Waals surface area contributed by atoms with E-state index >= 15 is 0 Å². The minimum atomic E-state index is -4.52. The van der Waals surface area contributed by atoms with Crippen LogP contribution in [0, 0.1) is 11.3 Å². The van der Waals surface area contributed by atoms with Crippen LogP contribution in [0.1, 0.15) is 24.5 Å². The number of halogens is 3. The van der Waals surface area contributed by atoms with E-state index in [2.05, 4.69) is 0 Å². The van der Waals surface area contributed by atoms with Crippen LogP contribution in [0.25, 0.3) is 0 Å². The van der Waals surface area contributed by atoms with Crippen LogP contribution in [0.15, 0.2) is 24.3 Å². The Bertz CT molecular complexity index is 621. The molecule has 21 heavy (non-hydrogen) atoms. The Kier molecular flexibility index (Phi) is 5.75. The van der Waals surface area contributed by atoms with Crippen molar-refractivity contribution in [2.24, 2.45) is 0 Å². The van der Waals surface area contributed by atoms with Crippen LogP contribution in [-0.4, -0.2) is 25.8 Å². The summed E-state index contributed by atoms with van der Waals surface area (Å²) in [5, 5.41) is 8.64. The minimum absolute atomic E-state index is 0.0452. The maximum Gasteiger partial charge on any atom is 0.416 e. The zero-order valence-corrected chi connectivity index (χ0v) is 12.2. The Morgan fingerprint density at radius 3 is 2.52 bits per heavy atom. The molecular formula is C13H15F3N2O2S. The van der Waals surface area contributed by atoms with Gasteiger partial charge in [-0.2, -0.15) is 22.7 Å². The topological polar surface area (TPSA) is 61.2 Å². The van der Waals surface area contributed by atoms with Crippen LogP contribution >= 0.6 is 0 Å². The van der Waals surface area contributed by atoms with Gasteiger partial charge in [0.15, 0.2) is 0 Å².